The Bertz CT molecular complexity index is 432. The molecule has 1 aromatic carbocycles. The van der Waals surface area contributed by atoms with Gasteiger partial charge in [-0.25, -0.2) is 0 Å². The monoisotopic (exact) mass is 325 g/mol. The second kappa shape index (κ2) is 7.06. The van der Waals surface area contributed by atoms with Crippen LogP contribution in [0.3, 0.4) is 0 Å². The zero-order chi connectivity index (χ0) is 13.7. The van der Waals surface area contributed by atoms with Gasteiger partial charge in [-0.05, 0) is 37.3 Å². The first-order chi connectivity index (χ1) is 9.22. The molecule has 0 atom stereocenters. The van der Waals surface area contributed by atoms with Gasteiger partial charge in [-0.3, -0.25) is 4.79 Å². The van der Waals surface area contributed by atoms with Crippen molar-refractivity contribution >= 4 is 21.8 Å². The SMILES string of the molecule is O=C(CCCCO)N(Cc1ccccc1Br)C1CC1. The van der Waals surface area contributed by atoms with E-state index in [-0.39, 0.29) is 12.5 Å². The molecule has 3 nitrogen and oxygen atoms in total. The Morgan fingerprint density at radius 1 is 1.32 bits per heavy atom. The summed E-state index contributed by atoms with van der Waals surface area (Å²) in [6.45, 7) is 0.852. The molecular formula is C15H20BrNO2. The van der Waals surface area contributed by atoms with E-state index in [0.717, 1.165) is 29.3 Å². The van der Waals surface area contributed by atoms with Crippen molar-refractivity contribution < 1.29 is 9.90 Å². The number of hydrogen-bond acceptors (Lipinski definition) is 2. The van der Waals surface area contributed by atoms with E-state index in [9.17, 15) is 4.79 Å². The van der Waals surface area contributed by atoms with Crippen LogP contribution in [0.1, 0.15) is 37.7 Å². The number of benzene rings is 1. The van der Waals surface area contributed by atoms with Gasteiger partial charge in [0.25, 0.3) is 0 Å². The molecule has 104 valence electrons. The average molecular weight is 326 g/mol. The third-order valence-electron chi connectivity index (χ3n) is 3.41. The number of aliphatic hydroxyl groups is 1. The zero-order valence-electron chi connectivity index (χ0n) is 11.0. The minimum absolute atomic E-state index is 0.168. The Labute approximate surface area is 122 Å². The van der Waals surface area contributed by atoms with Crippen LogP contribution in [0, 0.1) is 0 Å². The van der Waals surface area contributed by atoms with Crippen LogP contribution in [0.25, 0.3) is 0 Å². The molecule has 0 spiro atoms. The molecule has 0 radical (unpaired) electrons. The number of unbranched alkanes of at least 4 members (excludes halogenated alkanes) is 1. The first-order valence-corrected chi connectivity index (χ1v) is 7.65. The molecule has 0 saturated heterocycles. The summed E-state index contributed by atoms with van der Waals surface area (Å²) in [6.07, 6.45) is 4.27. The summed E-state index contributed by atoms with van der Waals surface area (Å²) >= 11 is 3.54. The lowest BCUT2D eigenvalue weighted by Gasteiger charge is -2.23. The van der Waals surface area contributed by atoms with Crippen molar-refractivity contribution in [3.05, 3.63) is 34.3 Å². The summed E-state index contributed by atoms with van der Waals surface area (Å²) in [5.41, 5.74) is 1.16. The zero-order valence-corrected chi connectivity index (χ0v) is 12.6. The van der Waals surface area contributed by atoms with Gasteiger partial charge in [-0.15, -0.1) is 0 Å². The molecule has 1 aliphatic carbocycles. The van der Waals surface area contributed by atoms with Crippen LogP contribution in [0.2, 0.25) is 0 Å². The lowest BCUT2D eigenvalue weighted by atomic mass is 10.2. The number of hydrogen-bond donors (Lipinski definition) is 1. The number of halogens is 1. The van der Waals surface area contributed by atoms with Gasteiger partial charge in [0.05, 0.1) is 0 Å². The van der Waals surface area contributed by atoms with Gasteiger partial charge in [0.1, 0.15) is 0 Å². The Morgan fingerprint density at radius 2 is 2.05 bits per heavy atom. The van der Waals surface area contributed by atoms with Crippen LogP contribution in [0.5, 0.6) is 0 Å². The van der Waals surface area contributed by atoms with Crippen molar-refractivity contribution in [2.75, 3.05) is 6.61 Å². The van der Waals surface area contributed by atoms with E-state index in [2.05, 4.69) is 22.0 Å². The number of rotatable bonds is 7. The molecule has 0 unspecified atom stereocenters. The molecule has 1 fully saturated rings. The van der Waals surface area contributed by atoms with Gasteiger partial charge < -0.3 is 10.0 Å². The fourth-order valence-electron chi connectivity index (χ4n) is 2.15. The molecule has 1 aromatic rings. The second-order valence-corrected chi connectivity index (χ2v) is 5.88. The Balaban J connectivity index is 1.96. The van der Waals surface area contributed by atoms with Crippen LogP contribution >= 0.6 is 15.9 Å². The molecule has 4 heteroatoms. The van der Waals surface area contributed by atoms with E-state index in [1.54, 1.807) is 0 Å². The standard InChI is InChI=1S/C15H20BrNO2/c16-14-6-2-1-5-12(14)11-17(13-8-9-13)15(19)7-3-4-10-18/h1-2,5-6,13,18H,3-4,7-11H2. The Morgan fingerprint density at radius 3 is 2.68 bits per heavy atom. The van der Waals surface area contributed by atoms with E-state index in [4.69, 9.17) is 5.11 Å². The predicted molar refractivity (Wildman–Crippen MR) is 78.7 cm³/mol. The molecule has 1 amide bonds. The van der Waals surface area contributed by atoms with E-state index >= 15 is 0 Å². The fraction of sp³-hybridized carbons (Fsp3) is 0.533. The average Bonchev–Trinajstić information content (AvgIpc) is 3.22. The summed E-state index contributed by atoms with van der Waals surface area (Å²) < 4.78 is 1.06. The first kappa shape index (κ1) is 14.5. The highest BCUT2D eigenvalue weighted by Gasteiger charge is 2.32. The van der Waals surface area contributed by atoms with E-state index in [1.807, 2.05) is 23.1 Å². The molecule has 1 aliphatic rings. The van der Waals surface area contributed by atoms with Crippen LogP contribution in [0.15, 0.2) is 28.7 Å². The highest BCUT2D eigenvalue weighted by atomic mass is 79.9. The number of aliphatic hydroxyl groups excluding tert-OH is 1. The number of carbonyl (C=O) groups is 1. The molecule has 0 bridgehead atoms. The minimum atomic E-state index is 0.168. The number of carbonyl (C=O) groups excluding carboxylic acids is 1. The van der Waals surface area contributed by atoms with E-state index < -0.39 is 0 Å². The maximum Gasteiger partial charge on any atom is 0.223 e. The molecule has 1 saturated carbocycles. The van der Waals surface area contributed by atoms with Crippen LogP contribution in [-0.2, 0) is 11.3 Å². The van der Waals surface area contributed by atoms with Gasteiger partial charge in [0.15, 0.2) is 0 Å². The van der Waals surface area contributed by atoms with Crippen molar-refractivity contribution in [2.45, 2.75) is 44.7 Å². The number of nitrogens with zero attached hydrogens (tertiary/aromatic N) is 1. The van der Waals surface area contributed by atoms with Crippen molar-refractivity contribution in [3.63, 3.8) is 0 Å². The topological polar surface area (TPSA) is 40.5 Å². The third-order valence-corrected chi connectivity index (χ3v) is 4.18. The number of amides is 1. The van der Waals surface area contributed by atoms with Crippen molar-refractivity contribution in [1.29, 1.82) is 0 Å². The molecule has 2 rings (SSSR count). The van der Waals surface area contributed by atoms with Crippen molar-refractivity contribution in [2.24, 2.45) is 0 Å². The van der Waals surface area contributed by atoms with Gasteiger partial charge in [-0.2, -0.15) is 0 Å². The quantitative estimate of drug-likeness (QED) is 0.782. The normalized spacial score (nSPS) is 14.4. The lowest BCUT2D eigenvalue weighted by Crippen LogP contribution is -2.32. The van der Waals surface area contributed by atoms with Gasteiger partial charge >= 0.3 is 0 Å². The lowest BCUT2D eigenvalue weighted by molar-refractivity contribution is -0.132. The first-order valence-electron chi connectivity index (χ1n) is 6.86. The minimum Gasteiger partial charge on any atom is -0.396 e. The maximum atomic E-state index is 12.2. The van der Waals surface area contributed by atoms with Gasteiger partial charge in [0.2, 0.25) is 5.91 Å². The highest BCUT2D eigenvalue weighted by molar-refractivity contribution is 9.10. The molecule has 1 N–H and O–H groups in total. The largest absolute Gasteiger partial charge is 0.396 e. The van der Waals surface area contributed by atoms with Crippen molar-refractivity contribution in [1.82, 2.24) is 4.90 Å². The molecule has 0 aromatic heterocycles. The summed E-state index contributed by atoms with van der Waals surface area (Å²) in [6, 6.07) is 8.48. The maximum absolute atomic E-state index is 12.2. The smallest absolute Gasteiger partial charge is 0.223 e. The summed E-state index contributed by atoms with van der Waals surface area (Å²) in [4.78, 5) is 14.2. The van der Waals surface area contributed by atoms with Crippen molar-refractivity contribution in [3.8, 4) is 0 Å². The highest BCUT2D eigenvalue weighted by Crippen LogP contribution is 2.30. The Hall–Kier alpha value is -0.870. The van der Waals surface area contributed by atoms with Gasteiger partial charge in [-0.1, -0.05) is 34.1 Å². The summed E-state index contributed by atoms with van der Waals surface area (Å²) in [7, 11) is 0. The summed E-state index contributed by atoms with van der Waals surface area (Å²) in [5, 5.41) is 8.78. The second-order valence-electron chi connectivity index (χ2n) is 5.02. The molecule has 0 aliphatic heterocycles. The fourth-order valence-corrected chi connectivity index (χ4v) is 2.56. The molecular weight excluding hydrogens is 306 g/mol. The summed E-state index contributed by atoms with van der Waals surface area (Å²) in [5.74, 6) is 0.215. The van der Waals surface area contributed by atoms with Crippen LogP contribution < -0.4 is 0 Å². The third kappa shape index (κ3) is 4.32. The van der Waals surface area contributed by atoms with E-state index in [1.165, 1.54) is 0 Å². The Kier molecular flexibility index (Phi) is 5.40. The molecule has 0 heterocycles. The van der Waals surface area contributed by atoms with Crippen LogP contribution in [0.4, 0.5) is 0 Å². The van der Waals surface area contributed by atoms with E-state index in [0.29, 0.717) is 25.4 Å². The van der Waals surface area contributed by atoms with Gasteiger partial charge in [0, 0.05) is 30.1 Å². The molecule has 19 heavy (non-hydrogen) atoms. The van der Waals surface area contributed by atoms with Crippen LogP contribution in [-0.4, -0.2) is 28.6 Å². The predicted octanol–water partition coefficient (Wildman–Crippen LogP) is 3.10.